The number of ether oxygens (including phenoxy) is 1. The van der Waals surface area contributed by atoms with E-state index in [1.54, 1.807) is 17.1 Å². The summed E-state index contributed by atoms with van der Waals surface area (Å²) < 4.78 is 19.9. The smallest absolute Gasteiger partial charge is 0.243 e. The van der Waals surface area contributed by atoms with Crippen LogP contribution in [0.2, 0.25) is 0 Å². The second-order valence-electron chi connectivity index (χ2n) is 4.98. The maximum Gasteiger partial charge on any atom is 0.243 e. The second kappa shape index (κ2) is 9.48. The van der Waals surface area contributed by atoms with Crippen molar-refractivity contribution in [2.75, 3.05) is 36.6 Å². The quantitative estimate of drug-likeness (QED) is 0.296. The Morgan fingerprint density at radius 2 is 2.16 bits per heavy atom. The fraction of sp³-hybridized carbons (Fsp3) is 0.267. The van der Waals surface area contributed by atoms with Gasteiger partial charge in [0.15, 0.2) is 11.6 Å². The number of anilines is 2. The maximum absolute atomic E-state index is 13.9. The van der Waals surface area contributed by atoms with Gasteiger partial charge in [-0.05, 0) is 6.20 Å². The van der Waals surface area contributed by atoms with Gasteiger partial charge in [-0.2, -0.15) is 11.1 Å². The van der Waals surface area contributed by atoms with Crippen LogP contribution in [-0.4, -0.2) is 42.1 Å². The molecule has 7 nitrogen and oxygen atoms in total. The largest absolute Gasteiger partial charge is 0.378 e. The van der Waals surface area contributed by atoms with Gasteiger partial charge in [0.05, 0.1) is 25.2 Å². The van der Waals surface area contributed by atoms with Crippen molar-refractivity contribution in [1.29, 1.82) is 0 Å². The third-order valence-electron chi connectivity index (χ3n) is 3.34. The van der Waals surface area contributed by atoms with Crippen LogP contribution < -0.4 is 15.8 Å². The molecule has 1 fully saturated rings. The van der Waals surface area contributed by atoms with Gasteiger partial charge in [0.25, 0.3) is 0 Å². The Hall–Kier alpha value is -1.21. The molecule has 10 heteroatoms. The van der Waals surface area contributed by atoms with Gasteiger partial charge in [-0.1, -0.05) is 10.1 Å². The first-order chi connectivity index (χ1) is 11.6. The van der Waals surface area contributed by atoms with Crippen molar-refractivity contribution in [3.63, 3.8) is 0 Å². The average molecular weight is 633 g/mol. The molecule has 0 unspecified atom stereocenters. The number of carbonyl (C=O) groups is 1. The Balaban J connectivity index is 0.00000225. The molecule has 1 aliphatic carbocycles. The van der Waals surface area contributed by atoms with Crippen molar-refractivity contribution in [1.82, 2.24) is 15.4 Å². The molecule has 0 saturated carbocycles. The number of Topliss-reactive ketones (excluding diaryl/α,β-unsaturated/α-hetero) is 1. The number of carbonyl (C=O) groups excluding carboxylic acids is 1. The number of nitrogens with one attached hydrogen (secondary N) is 2. The second-order valence-corrected chi connectivity index (χ2v) is 5.90. The van der Waals surface area contributed by atoms with E-state index in [0.717, 1.165) is 10.7 Å². The van der Waals surface area contributed by atoms with Crippen LogP contribution in [0.1, 0.15) is 0 Å². The van der Waals surface area contributed by atoms with Crippen molar-refractivity contribution in [2.24, 2.45) is 0 Å². The molecule has 1 aromatic rings. The van der Waals surface area contributed by atoms with Gasteiger partial charge in [-0.3, -0.25) is 5.43 Å². The number of allylic oxidation sites excluding steroid dienone is 5. The summed E-state index contributed by atoms with van der Waals surface area (Å²) in [6, 6.07) is 0. The van der Waals surface area contributed by atoms with Gasteiger partial charge in [0, 0.05) is 44.2 Å². The topological polar surface area (TPSA) is 79.4 Å². The minimum atomic E-state index is -0.491. The van der Waals surface area contributed by atoms with Crippen LogP contribution in [0.25, 0.3) is 0 Å². The first-order valence-corrected chi connectivity index (χ1v) is 8.01. The molecule has 0 aromatic carbocycles. The van der Waals surface area contributed by atoms with E-state index in [0.29, 0.717) is 31.9 Å². The molecule has 0 radical (unpaired) electrons. The van der Waals surface area contributed by atoms with Gasteiger partial charge in [0.2, 0.25) is 5.95 Å². The SMILES string of the molecule is O=C1[C-]=CC(Br)=CC1=CNNc1ncc(F)c(N2CCOCC2)n1.[U]. The third kappa shape index (κ3) is 5.38. The first kappa shape index (κ1) is 20.1. The van der Waals surface area contributed by atoms with E-state index in [4.69, 9.17) is 4.74 Å². The molecule has 2 N–H and O–H groups in total. The molecule has 0 bridgehead atoms. The summed E-state index contributed by atoms with van der Waals surface area (Å²) >= 11 is 3.27. The van der Waals surface area contributed by atoms with Crippen LogP contribution in [0.3, 0.4) is 0 Å². The standard InChI is InChI=1S/C15H14BrFN5O2.U/c16-11-1-2-13(23)10(7-11)8-19-21-15-18-9-12(17)14(20-15)22-3-5-24-6-4-22;/h1,7-9,19H,3-6H2,(H,18,20,21);/q-1;. The molecular weight excluding hydrogens is 619 g/mol. The van der Waals surface area contributed by atoms with Crippen LogP contribution in [0.15, 0.2) is 34.6 Å². The van der Waals surface area contributed by atoms with Crippen LogP contribution in [0, 0.1) is 43.0 Å². The molecule has 0 atom stereocenters. The summed E-state index contributed by atoms with van der Waals surface area (Å²) in [7, 11) is 0. The average Bonchev–Trinajstić information content (AvgIpc) is 2.60. The van der Waals surface area contributed by atoms with Crippen molar-refractivity contribution in [3.05, 3.63) is 46.5 Å². The minimum Gasteiger partial charge on any atom is -0.378 e. The van der Waals surface area contributed by atoms with Gasteiger partial charge in [0.1, 0.15) is 0 Å². The monoisotopic (exact) mass is 632 g/mol. The summed E-state index contributed by atoms with van der Waals surface area (Å²) in [5.74, 6) is -0.324. The Morgan fingerprint density at radius 3 is 2.92 bits per heavy atom. The number of rotatable bonds is 4. The molecule has 1 aliphatic heterocycles. The van der Waals surface area contributed by atoms with E-state index in [-0.39, 0.29) is 48.7 Å². The predicted molar refractivity (Wildman–Crippen MR) is 89.7 cm³/mol. The minimum absolute atomic E-state index is 0. The van der Waals surface area contributed by atoms with E-state index in [1.807, 2.05) is 0 Å². The molecule has 0 amide bonds. The Bertz CT molecular complexity index is 735. The zero-order valence-corrected chi connectivity index (χ0v) is 18.8. The first-order valence-electron chi connectivity index (χ1n) is 7.22. The zero-order chi connectivity index (χ0) is 16.9. The van der Waals surface area contributed by atoms with E-state index >= 15 is 0 Å². The molecule has 1 aromatic heterocycles. The molecule has 0 spiro atoms. The van der Waals surface area contributed by atoms with Gasteiger partial charge in [-0.15, -0.1) is 28.1 Å². The summed E-state index contributed by atoms with van der Waals surface area (Å²) in [6.45, 7) is 2.20. The maximum atomic E-state index is 13.9. The Kier molecular flexibility index (Phi) is 7.62. The summed E-state index contributed by atoms with van der Waals surface area (Å²) in [5.41, 5.74) is 5.86. The normalized spacial score (nSPS) is 18.6. The third-order valence-corrected chi connectivity index (χ3v) is 3.80. The molecule has 25 heavy (non-hydrogen) atoms. The van der Waals surface area contributed by atoms with E-state index in [2.05, 4.69) is 42.8 Å². The van der Waals surface area contributed by atoms with E-state index in [9.17, 15) is 9.18 Å². The van der Waals surface area contributed by atoms with Gasteiger partial charge >= 0.3 is 0 Å². The van der Waals surface area contributed by atoms with Crippen LogP contribution in [-0.2, 0) is 9.53 Å². The van der Waals surface area contributed by atoms with Crippen LogP contribution in [0.4, 0.5) is 16.2 Å². The van der Waals surface area contributed by atoms with Crippen LogP contribution >= 0.6 is 15.9 Å². The van der Waals surface area contributed by atoms with E-state index < -0.39 is 5.82 Å². The fourth-order valence-electron chi connectivity index (χ4n) is 2.17. The Labute approximate surface area is 176 Å². The summed E-state index contributed by atoms with van der Waals surface area (Å²) in [5, 5.41) is 0. The zero-order valence-electron chi connectivity index (χ0n) is 13.1. The number of hydrazine groups is 1. The number of hydrogen-bond acceptors (Lipinski definition) is 7. The molecule has 2 aliphatic rings. The van der Waals surface area contributed by atoms with Crippen molar-refractivity contribution in [2.45, 2.75) is 0 Å². The summed E-state index contributed by atoms with van der Waals surface area (Å²) in [6.07, 6.45) is 8.34. The van der Waals surface area contributed by atoms with Crippen molar-refractivity contribution < 1.29 is 45.0 Å². The number of halogens is 2. The van der Waals surface area contributed by atoms with Crippen molar-refractivity contribution >= 4 is 33.5 Å². The molecule has 1 saturated heterocycles. The Morgan fingerprint density at radius 1 is 1.40 bits per heavy atom. The molecule has 130 valence electrons. The van der Waals surface area contributed by atoms with Crippen molar-refractivity contribution in [3.8, 4) is 0 Å². The number of hydrogen-bond donors (Lipinski definition) is 2. The number of morpholine rings is 1. The molecule has 3 rings (SSSR count). The number of aromatic nitrogens is 2. The van der Waals surface area contributed by atoms with E-state index in [1.165, 1.54) is 6.20 Å². The fourth-order valence-corrected chi connectivity index (χ4v) is 2.54. The molecule has 2 heterocycles. The van der Waals surface area contributed by atoms with Crippen LogP contribution in [0.5, 0.6) is 0 Å². The molecular formula is C15H14BrFN5O2U-. The van der Waals surface area contributed by atoms with Gasteiger partial charge in [-0.25, -0.2) is 9.37 Å². The summed E-state index contributed by atoms with van der Waals surface area (Å²) in [4.78, 5) is 21.5. The number of ketones is 1. The number of nitrogens with zero attached hydrogens (tertiary/aromatic N) is 3. The predicted octanol–water partition coefficient (Wildman–Crippen LogP) is 1.47. The van der Waals surface area contributed by atoms with Gasteiger partial charge < -0.3 is 19.9 Å².